The predicted octanol–water partition coefficient (Wildman–Crippen LogP) is 1.05. The highest BCUT2D eigenvalue weighted by molar-refractivity contribution is 5.56. The lowest BCUT2D eigenvalue weighted by Gasteiger charge is -2.28. The van der Waals surface area contributed by atoms with Gasteiger partial charge in [0.05, 0.1) is 13.2 Å². The molecule has 6 nitrogen and oxygen atoms in total. The maximum Gasteiger partial charge on any atom is 0.149 e. The molecule has 1 fully saturated rings. The van der Waals surface area contributed by atoms with Crippen molar-refractivity contribution in [3.63, 3.8) is 0 Å². The number of nitrogens with zero attached hydrogens (tertiary/aromatic N) is 3. The van der Waals surface area contributed by atoms with E-state index in [1.54, 1.807) is 0 Å². The lowest BCUT2D eigenvalue weighted by atomic mass is 10.3. The average molecular weight is 251 g/mol. The van der Waals surface area contributed by atoms with E-state index >= 15 is 0 Å². The maximum absolute atomic E-state index is 5.33. The van der Waals surface area contributed by atoms with Crippen LogP contribution in [-0.2, 0) is 11.2 Å². The van der Waals surface area contributed by atoms with Crippen molar-refractivity contribution in [3.8, 4) is 0 Å². The van der Waals surface area contributed by atoms with Crippen LogP contribution in [0, 0.1) is 6.92 Å². The van der Waals surface area contributed by atoms with Crippen molar-refractivity contribution in [3.05, 3.63) is 11.4 Å². The van der Waals surface area contributed by atoms with Crippen molar-refractivity contribution < 1.29 is 4.74 Å². The van der Waals surface area contributed by atoms with Crippen molar-refractivity contribution >= 4 is 11.6 Å². The first-order valence-electron chi connectivity index (χ1n) is 6.39. The fourth-order valence-corrected chi connectivity index (χ4v) is 1.90. The average Bonchev–Trinajstić information content (AvgIpc) is 2.42. The normalized spacial score (nSPS) is 16.6. The molecule has 0 bridgehead atoms. The molecule has 2 heterocycles. The maximum atomic E-state index is 5.33. The first-order chi connectivity index (χ1) is 8.74. The molecule has 1 aliphatic rings. The SMILES string of the molecule is CCc1nc(NC)c(C)c(NN2CCOCC2)n1. The number of ether oxygens (including phenoxy) is 1. The molecular formula is C12H21N5O. The Balaban J connectivity index is 2.19. The summed E-state index contributed by atoms with van der Waals surface area (Å²) in [5, 5.41) is 5.25. The van der Waals surface area contributed by atoms with Gasteiger partial charge in [0, 0.05) is 32.1 Å². The number of anilines is 2. The van der Waals surface area contributed by atoms with Gasteiger partial charge in [-0.15, -0.1) is 0 Å². The minimum atomic E-state index is 0.761. The molecule has 0 aliphatic carbocycles. The summed E-state index contributed by atoms with van der Waals surface area (Å²) in [4.78, 5) is 9.01. The van der Waals surface area contributed by atoms with E-state index in [9.17, 15) is 0 Å². The second-order valence-corrected chi connectivity index (χ2v) is 4.28. The minimum Gasteiger partial charge on any atom is -0.379 e. The Labute approximate surface area is 108 Å². The molecule has 2 rings (SSSR count). The minimum absolute atomic E-state index is 0.761. The number of nitrogens with one attached hydrogen (secondary N) is 2. The number of morpholine rings is 1. The Hall–Kier alpha value is -1.40. The second kappa shape index (κ2) is 5.97. The highest BCUT2D eigenvalue weighted by Gasteiger charge is 2.14. The molecule has 0 atom stereocenters. The number of aromatic nitrogens is 2. The van der Waals surface area contributed by atoms with Crippen molar-refractivity contribution in [2.24, 2.45) is 0 Å². The second-order valence-electron chi connectivity index (χ2n) is 4.28. The van der Waals surface area contributed by atoms with Crippen LogP contribution >= 0.6 is 0 Å². The van der Waals surface area contributed by atoms with Crippen LogP contribution in [0.15, 0.2) is 0 Å². The zero-order valence-electron chi connectivity index (χ0n) is 11.3. The first kappa shape index (κ1) is 13.0. The molecule has 0 aromatic carbocycles. The molecule has 0 amide bonds. The highest BCUT2D eigenvalue weighted by atomic mass is 16.5. The van der Waals surface area contributed by atoms with Gasteiger partial charge in [0.25, 0.3) is 0 Å². The number of hydrogen-bond donors (Lipinski definition) is 2. The summed E-state index contributed by atoms with van der Waals surface area (Å²) in [5.41, 5.74) is 4.40. The van der Waals surface area contributed by atoms with Crippen molar-refractivity contribution in [2.45, 2.75) is 20.3 Å². The summed E-state index contributed by atoms with van der Waals surface area (Å²) in [6, 6.07) is 0. The van der Waals surface area contributed by atoms with Crippen LogP contribution in [0.5, 0.6) is 0 Å². The van der Waals surface area contributed by atoms with Gasteiger partial charge in [0.2, 0.25) is 0 Å². The third-order valence-corrected chi connectivity index (χ3v) is 3.02. The monoisotopic (exact) mass is 251 g/mol. The van der Waals surface area contributed by atoms with Crippen LogP contribution in [0.4, 0.5) is 11.6 Å². The van der Waals surface area contributed by atoms with E-state index in [1.165, 1.54) is 0 Å². The molecule has 2 N–H and O–H groups in total. The Morgan fingerprint density at radius 3 is 2.50 bits per heavy atom. The molecule has 1 aromatic heterocycles. The van der Waals surface area contributed by atoms with E-state index in [4.69, 9.17) is 4.74 Å². The summed E-state index contributed by atoms with van der Waals surface area (Å²) in [6.45, 7) is 7.35. The third-order valence-electron chi connectivity index (χ3n) is 3.02. The van der Waals surface area contributed by atoms with E-state index < -0.39 is 0 Å². The Bertz CT molecular complexity index is 404. The van der Waals surface area contributed by atoms with Gasteiger partial charge in [-0.3, -0.25) is 0 Å². The topological polar surface area (TPSA) is 62.3 Å². The Morgan fingerprint density at radius 2 is 1.89 bits per heavy atom. The van der Waals surface area contributed by atoms with Gasteiger partial charge in [-0.25, -0.2) is 15.0 Å². The molecular weight excluding hydrogens is 230 g/mol. The smallest absolute Gasteiger partial charge is 0.149 e. The molecule has 6 heteroatoms. The van der Waals surface area contributed by atoms with Crippen LogP contribution in [-0.4, -0.2) is 48.3 Å². The highest BCUT2D eigenvalue weighted by Crippen LogP contribution is 2.20. The van der Waals surface area contributed by atoms with Crippen LogP contribution in [0.25, 0.3) is 0 Å². The molecule has 1 aromatic rings. The quantitative estimate of drug-likeness (QED) is 0.834. The zero-order chi connectivity index (χ0) is 13.0. The van der Waals surface area contributed by atoms with Gasteiger partial charge in [-0.05, 0) is 6.92 Å². The molecule has 18 heavy (non-hydrogen) atoms. The van der Waals surface area contributed by atoms with E-state index in [1.807, 2.05) is 14.0 Å². The number of aryl methyl sites for hydroxylation is 1. The largest absolute Gasteiger partial charge is 0.379 e. The zero-order valence-corrected chi connectivity index (χ0v) is 11.3. The van der Waals surface area contributed by atoms with Crippen molar-refractivity contribution in [1.29, 1.82) is 0 Å². The standard InChI is InChI=1S/C12H21N5O/c1-4-10-14-11(13-3)9(2)12(15-10)16-17-5-7-18-8-6-17/h4-8H2,1-3H3,(H2,13,14,15,16). The van der Waals surface area contributed by atoms with Crippen LogP contribution in [0.1, 0.15) is 18.3 Å². The lowest BCUT2D eigenvalue weighted by Crippen LogP contribution is -2.40. The lowest BCUT2D eigenvalue weighted by molar-refractivity contribution is 0.0494. The Morgan fingerprint density at radius 1 is 1.22 bits per heavy atom. The predicted molar refractivity (Wildman–Crippen MR) is 71.7 cm³/mol. The Kier molecular flexibility index (Phi) is 4.33. The van der Waals surface area contributed by atoms with Gasteiger partial charge < -0.3 is 15.5 Å². The number of hydrogen-bond acceptors (Lipinski definition) is 6. The molecule has 1 saturated heterocycles. The van der Waals surface area contributed by atoms with Gasteiger partial charge in [-0.2, -0.15) is 0 Å². The molecule has 1 aliphatic heterocycles. The van der Waals surface area contributed by atoms with E-state index in [0.29, 0.717) is 0 Å². The molecule has 0 spiro atoms. The van der Waals surface area contributed by atoms with E-state index in [0.717, 1.165) is 55.7 Å². The van der Waals surface area contributed by atoms with Crippen LogP contribution in [0.3, 0.4) is 0 Å². The van der Waals surface area contributed by atoms with Gasteiger partial charge in [0.1, 0.15) is 17.5 Å². The fourth-order valence-electron chi connectivity index (χ4n) is 1.90. The summed E-state index contributed by atoms with van der Waals surface area (Å²) >= 11 is 0. The number of rotatable bonds is 4. The summed E-state index contributed by atoms with van der Waals surface area (Å²) < 4.78 is 5.33. The fraction of sp³-hybridized carbons (Fsp3) is 0.667. The summed E-state index contributed by atoms with van der Waals surface area (Å²) in [5.74, 6) is 2.62. The van der Waals surface area contributed by atoms with Crippen molar-refractivity contribution in [2.75, 3.05) is 44.1 Å². The van der Waals surface area contributed by atoms with Gasteiger partial charge in [-0.1, -0.05) is 6.92 Å². The molecule has 0 unspecified atom stereocenters. The number of hydrazine groups is 1. The summed E-state index contributed by atoms with van der Waals surface area (Å²) in [6.07, 6.45) is 0.826. The van der Waals surface area contributed by atoms with Crippen molar-refractivity contribution in [1.82, 2.24) is 15.0 Å². The van der Waals surface area contributed by atoms with Gasteiger partial charge >= 0.3 is 0 Å². The summed E-state index contributed by atoms with van der Waals surface area (Å²) in [7, 11) is 1.88. The van der Waals surface area contributed by atoms with Crippen LogP contribution in [0.2, 0.25) is 0 Å². The molecule has 100 valence electrons. The van der Waals surface area contributed by atoms with E-state index in [2.05, 4.69) is 32.6 Å². The molecule has 0 radical (unpaired) electrons. The molecule has 0 saturated carbocycles. The third kappa shape index (κ3) is 2.88. The van der Waals surface area contributed by atoms with Gasteiger partial charge in [0.15, 0.2) is 0 Å². The van der Waals surface area contributed by atoms with E-state index in [-0.39, 0.29) is 0 Å². The first-order valence-corrected chi connectivity index (χ1v) is 6.39. The van der Waals surface area contributed by atoms with Crippen LogP contribution < -0.4 is 10.7 Å².